The van der Waals surface area contributed by atoms with E-state index in [4.69, 9.17) is 0 Å². The van der Waals surface area contributed by atoms with Gasteiger partial charge in [0.25, 0.3) is 0 Å². The molecule has 1 aromatic rings. The second-order valence-corrected chi connectivity index (χ2v) is 7.04. The summed E-state index contributed by atoms with van der Waals surface area (Å²) in [4.78, 5) is 2.51. The number of benzene rings is 1. The molecule has 0 spiro atoms. The average molecular weight is 407 g/mol. The zero-order valence-electron chi connectivity index (χ0n) is 9.63. The van der Waals surface area contributed by atoms with Crippen molar-refractivity contribution in [1.29, 1.82) is 0 Å². The molecule has 2 aliphatic rings. The lowest BCUT2D eigenvalue weighted by Gasteiger charge is -2.36. The zero-order chi connectivity index (χ0) is 11.8. The first-order chi connectivity index (χ1) is 8.24. The molecule has 0 amide bonds. The fraction of sp³-hybridized carbons (Fsp3) is 0.538. The highest BCUT2D eigenvalue weighted by atomic mass is 127. The van der Waals surface area contributed by atoms with Gasteiger partial charge in [-0.05, 0) is 75.5 Å². The molecule has 2 nitrogen and oxygen atoms in total. The van der Waals surface area contributed by atoms with E-state index < -0.39 is 0 Å². The van der Waals surface area contributed by atoms with E-state index in [-0.39, 0.29) is 0 Å². The number of piperazine rings is 1. The van der Waals surface area contributed by atoms with Crippen LogP contribution in [0.3, 0.4) is 0 Å². The van der Waals surface area contributed by atoms with Gasteiger partial charge in [0.15, 0.2) is 0 Å². The first-order valence-electron chi connectivity index (χ1n) is 6.17. The summed E-state index contributed by atoms with van der Waals surface area (Å²) in [5.74, 6) is 0.931. The van der Waals surface area contributed by atoms with Crippen molar-refractivity contribution in [3.63, 3.8) is 0 Å². The van der Waals surface area contributed by atoms with Crippen LogP contribution in [0.5, 0.6) is 0 Å². The molecular formula is C13H16BrIN2. The first-order valence-corrected chi connectivity index (χ1v) is 8.04. The quantitative estimate of drug-likeness (QED) is 0.758. The first kappa shape index (κ1) is 12.2. The fourth-order valence-corrected chi connectivity index (χ4v) is 4.10. The van der Waals surface area contributed by atoms with Crippen LogP contribution >= 0.6 is 38.5 Å². The van der Waals surface area contributed by atoms with Crippen molar-refractivity contribution < 1.29 is 0 Å². The van der Waals surface area contributed by atoms with Gasteiger partial charge in [-0.25, -0.2) is 0 Å². The largest absolute Gasteiger partial charge is 0.368 e. The van der Waals surface area contributed by atoms with Gasteiger partial charge < -0.3 is 10.2 Å². The van der Waals surface area contributed by atoms with Gasteiger partial charge in [-0.15, -0.1) is 0 Å². The van der Waals surface area contributed by atoms with Crippen molar-refractivity contribution in [2.45, 2.75) is 18.9 Å². The van der Waals surface area contributed by atoms with Crippen LogP contribution in [0.1, 0.15) is 12.8 Å². The lowest BCUT2D eigenvalue weighted by atomic mass is 10.1. The van der Waals surface area contributed by atoms with Crippen molar-refractivity contribution in [2.75, 3.05) is 24.5 Å². The van der Waals surface area contributed by atoms with E-state index in [0.717, 1.165) is 25.6 Å². The summed E-state index contributed by atoms with van der Waals surface area (Å²) in [6.45, 7) is 3.38. The maximum atomic E-state index is 3.69. The summed E-state index contributed by atoms with van der Waals surface area (Å²) in [5.41, 5.74) is 1.34. The Balaban J connectivity index is 1.77. The number of nitrogens with one attached hydrogen (secondary N) is 1. The molecule has 1 atom stereocenters. The number of hydrogen-bond donors (Lipinski definition) is 1. The normalized spacial score (nSPS) is 25.1. The summed E-state index contributed by atoms with van der Waals surface area (Å²) < 4.78 is 2.51. The standard InChI is InChI=1S/C13H16BrIN2/c14-11-7-10(15)3-4-13(11)17-6-5-16-12(8-17)9-1-2-9/h3-4,7,9,12,16H,1-2,5-6,8H2. The Kier molecular flexibility index (Phi) is 3.64. The van der Waals surface area contributed by atoms with E-state index in [2.05, 4.69) is 66.9 Å². The predicted molar refractivity (Wildman–Crippen MR) is 83.6 cm³/mol. The summed E-state index contributed by atoms with van der Waals surface area (Å²) in [6, 6.07) is 7.33. The molecule has 1 heterocycles. The Hall–Kier alpha value is 0.190. The molecule has 0 radical (unpaired) electrons. The van der Waals surface area contributed by atoms with Crippen molar-refractivity contribution >= 4 is 44.2 Å². The molecule has 0 aromatic heterocycles. The minimum Gasteiger partial charge on any atom is -0.368 e. The monoisotopic (exact) mass is 406 g/mol. The number of hydrogen-bond acceptors (Lipinski definition) is 2. The highest BCUT2D eigenvalue weighted by Gasteiger charge is 2.34. The molecule has 1 saturated carbocycles. The number of rotatable bonds is 2. The van der Waals surface area contributed by atoms with Crippen LogP contribution in [0.25, 0.3) is 0 Å². The molecule has 1 saturated heterocycles. The minimum absolute atomic E-state index is 0.704. The molecular weight excluding hydrogens is 391 g/mol. The topological polar surface area (TPSA) is 15.3 Å². The van der Waals surface area contributed by atoms with E-state index in [1.165, 1.54) is 26.6 Å². The Labute approximate surface area is 124 Å². The van der Waals surface area contributed by atoms with Crippen molar-refractivity contribution in [2.24, 2.45) is 5.92 Å². The molecule has 1 N–H and O–H groups in total. The Morgan fingerprint density at radius 1 is 1.35 bits per heavy atom. The second kappa shape index (κ2) is 5.05. The van der Waals surface area contributed by atoms with Gasteiger partial charge in [0.05, 0.1) is 5.69 Å². The number of halogens is 2. The summed E-state index contributed by atoms with van der Waals surface area (Å²) in [6.07, 6.45) is 2.83. The third kappa shape index (κ3) is 2.79. The third-order valence-electron chi connectivity index (χ3n) is 3.65. The van der Waals surface area contributed by atoms with Gasteiger partial charge >= 0.3 is 0 Å². The van der Waals surface area contributed by atoms with Crippen LogP contribution in [-0.2, 0) is 0 Å². The van der Waals surface area contributed by atoms with Crippen LogP contribution < -0.4 is 10.2 Å². The smallest absolute Gasteiger partial charge is 0.0512 e. The maximum Gasteiger partial charge on any atom is 0.0512 e. The molecule has 2 fully saturated rings. The molecule has 4 heteroatoms. The Morgan fingerprint density at radius 3 is 2.88 bits per heavy atom. The van der Waals surface area contributed by atoms with Gasteiger partial charge in [-0.1, -0.05) is 0 Å². The average Bonchev–Trinajstić information content (AvgIpc) is 3.13. The van der Waals surface area contributed by atoms with Crippen LogP contribution in [-0.4, -0.2) is 25.7 Å². The molecule has 3 rings (SSSR count). The minimum atomic E-state index is 0.704. The fourth-order valence-electron chi connectivity index (χ4n) is 2.55. The number of nitrogens with zero attached hydrogens (tertiary/aromatic N) is 1. The molecule has 17 heavy (non-hydrogen) atoms. The molecule has 92 valence electrons. The molecule has 1 unspecified atom stereocenters. The van der Waals surface area contributed by atoms with Gasteiger partial charge in [0.2, 0.25) is 0 Å². The Morgan fingerprint density at radius 2 is 2.18 bits per heavy atom. The van der Waals surface area contributed by atoms with E-state index in [1.807, 2.05) is 0 Å². The van der Waals surface area contributed by atoms with Gasteiger partial charge in [0.1, 0.15) is 0 Å². The maximum absolute atomic E-state index is 3.69. The van der Waals surface area contributed by atoms with Crippen molar-refractivity contribution in [3.05, 3.63) is 26.2 Å². The molecule has 1 aromatic carbocycles. The lowest BCUT2D eigenvalue weighted by molar-refractivity contribution is 0.418. The third-order valence-corrected chi connectivity index (χ3v) is 4.95. The highest BCUT2D eigenvalue weighted by Crippen LogP contribution is 2.35. The molecule has 0 bridgehead atoms. The summed E-state index contributed by atoms with van der Waals surface area (Å²) in [7, 11) is 0. The second-order valence-electron chi connectivity index (χ2n) is 4.94. The highest BCUT2D eigenvalue weighted by molar-refractivity contribution is 14.1. The van der Waals surface area contributed by atoms with Crippen LogP contribution in [0.15, 0.2) is 22.7 Å². The molecule has 1 aliphatic carbocycles. The molecule has 1 aliphatic heterocycles. The van der Waals surface area contributed by atoms with Gasteiger partial charge in [-0.2, -0.15) is 0 Å². The van der Waals surface area contributed by atoms with E-state index in [1.54, 1.807) is 0 Å². The summed E-state index contributed by atoms with van der Waals surface area (Å²) in [5, 5.41) is 3.65. The van der Waals surface area contributed by atoms with Crippen molar-refractivity contribution in [3.8, 4) is 0 Å². The van der Waals surface area contributed by atoms with Gasteiger partial charge in [0, 0.05) is 33.7 Å². The van der Waals surface area contributed by atoms with Crippen LogP contribution in [0.4, 0.5) is 5.69 Å². The van der Waals surface area contributed by atoms with Crippen molar-refractivity contribution in [1.82, 2.24) is 5.32 Å². The van der Waals surface area contributed by atoms with Crippen LogP contribution in [0, 0.1) is 9.49 Å². The lowest BCUT2D eigenvalue weighted by Crippen LogP contribution is -2.51. The van der Waals surface area contributed by atoms with E-state index in [0.29, 0.717) is 6.04 Å². The van der Waals surface area contributed by atoms with Gasteiger partial charge in [-0.3, -0.25) is 0 Å². The SMILES string of the molecule is Brc1cc(I)ccc1N1CCNC(C2CC2)C1. The van der Waals surface area contributed by atoms with E-state index in [9.17, 15) is 0 Å². The predicted octanol–water partition coefficient (Wildman–Crippen LogP) is 3.24. The summed E-state index contributed by atoms with van der Waals surface area (Å²) >= 11 is 6.05. The van der Waals surface area contributed by atoms with E-state index >= 15 is 0 Å². The number of anilines is 1. The Bertz CT molecular complexity index is 420. The van der Waals surface area contributed by atoms with Crippen LogP contribution in [0.2, 0.25) is 0 Å². The zero-order valence-corrected chi connectivity index (χ0v) is 13.4.